The number of carbonyl (C=O) groups is 1. The minimum Gasteiger partial charge on any atom is -0.370 e. The van der Waals surface area contributed by atoms with Crippen LogP contribution in [0.15, 0.2) is 42.9 Å². The second-order valence-corrected chi connectivity index (χ2v) is 7.00. The van der Waals surface area contributed by atoms with E-state index in [1.807, 2.05) is 25.4 Å². The van der Waals surface area contributed by atoms with Crippen molar-refractivity contribution < 1.29 is 4.79 Å². The van der Waals surface area contributed by atoms with Gasteiger partial charge in [0.2, 0.25) is 11.9 Å². The van der Waals surface area contributed by atoms with Gasteiger partial charge in [0.15, 0.2) is 0 Å². The summed E-state index contributed by atoms with van der Waals surface area (Å²) in [5, 5.41) is 7.62. The van der Waals surface area contributed by atoms with Crippen molar-refractivity contribution in [3.8, 4) is 11.1 Å². The zero-order valence-corrected chi connectivity index (χ0v) is 15.2. The fourth-order valence-corrected chi connectivity index (χ4v) is 3.05. The van der Waals surface area contributed by atoms with Crippen LogP contribution in [0.4, 0.5) is 11.6 Å². The zero-order valence-electron chi connectivity index (χ0n) is 15.2. The highest BCUT2D eigenvalue weighted by Gasteiger charge is 2.25. The summed E-state index contributed by atoms with van der Waals surface area (Å²) in [7, 11) is 0. The van der Waals surface area contributed by atoms with Crippen molar-refractivity contribution >= 4 is 17.5 Å². The molecule has 27 heavy (non-hydrogen) atoms. The number of aromatic nitrogens is 4. The van der Waals surface area contributed by atoms with Crippen LogP contribution >= 0.6 is 0 Å². The Kier molecular flexibility index (Phi) is 4.58. The zero-order chi connectivity index (χ0) is 18.8. The number of rotatable bonds is 7. The van der Waals surface area contributed by atoms with E-state index >= 15 is 0 Å². The number of carbonyl (C=O) groups excluding carboxylic acids is 1. The standard InChI is InChI=1S/C20H22N6O/c1-13-8-15(16-11-23-26(12-16)7-5-19(21)27)10-17(9-13)24-20-22-6-4-18(25-20)14-2-3-14/h4,6,8-12,14H,2-3,5,7H2,1H3,(H2,21,27)(H,22,24,25). The van der Waals surface area contributed by atoms with Crippen LogP contribution in [0.2, 0.25) is 0 Å². The largest absolute Gasteiger partial charge is 0.370 e. The van der Waals surface area contributed by atoms with Crippen LogP contribution in [0.5, 0.6) is 0 Å². The van der Waals surface area contributed by atoms with Gasteiger partial charge < -0.3 is 11.1 Å². The van der Waals surface area contributed by atoms with Crippen molar-refractivity contribution in [3.05, 3.63) is 54.1 Å². The summed E-state index contributed by atoms with van der Waals surface area (Å²) >= 11 is 0. The van der Waals surface area contributed by atoms with E-state index in [1.54, 1.807) is 10.9 Å². The molecule has 2 aromatic heterocycles. The third kappa shape index (κ3) is 4.31. The van der Waals surface area contributed by atoms with Gasteiger partial charge in [-0.2, -0.15) is 5.10 Å². The van der Waals surface area contributed by atoms with E-state index in [-0.39, 0.29) is 12.3 Å². The molecule has 1 aliphatic rings. The molecular weight excluding hydrogens is 340 g/mol. The summed E-state index contributed by atoms with van der Waals surface area (Å²) < 4.78 is 1.73. The van der Waals surface area contributed by atoms with Crippen LogP contribution in [0.3, 0.4) is 0 Å². The van der Waals surface area contributed by atoms with Crippen molar-refractivity contribution in [1.82, 2.24) is 19.7 Å². The first-order chi connectivity index (χ1) is 13.1. The number of hydrogen-bond donors (Lipinski definition) is 2. The molecule has 1 fully saturated rings. The van der Waals surface area contributed by atoms with Crippen LogP contribution in [0.25, 0.3) is 11.1 Å². The predicted molar refractivity (Wildman–Crippen MR) is 104 cm³/mol. The molecule has 0 bridgehead atoms. The summed E-state index contributed by atoms with van der Waals surface area (Å²) in [4.78, 5) is 19.9. The van der Waals surface area contributed by atoms with Crippen molar-refractivity contribution in [2.45, 2.75) is 38.6 Å². The van der Waals surface area contributed by atoms with E-state index in [0.29, 0.717) is 18.4 Å². The number of anilines is 2. The minimum atomic E-state index is -0.331. The second-order valence-electron chi connectivity index (χ2n) is 7.00. The molecule has 3 aromatic rings. The molecule has 0 saturated heterocycles. The smallest absolute Gasteiger partial charge is 0.227 e. The summed E-state index contributed by atoms with van der Waals surface area (Å²) in [5.74, 6) is 0.878. The lowest BCUT2D eigenvalue weighted by molar-refractivity contribution is -0.118. The summed E-state index contributed by atoms with van der Waals surface area (Å²) in [5.41, 5.74) is 10.4. The van der Waals surface area contributed by atoms with E-state index in [0.717, 1.165) is 28.1 Å². The average molecular weight is 362 g/mol. The lowest BCUT2D eigenvalue weighted by atomic mass is 10.1. The number of nitrogens with two attached hydrogens (primary N) is 1. The molecule has 1 amide bonds. The number of nitrogens with one attached hydrogen (secondary N) is 1. The monoisotopic (exact) mass is 362 g/mol. The maximum Gasteiger partial charge on any atom is 0.227 e. The van der Waals surface area contributed by atoms with Gasteiger partial charge in [-0.15, -0.1) is 0 Å². The molecule has 0 spiro atoms. The predicted octanol–water partition coefficient (Wildman–Crippen LogP) is 3.14. The normalized spacial score (nSPS) is 13.5. The Balaban J connectivity index is 1.54. The van der Waals surface area contributed by atoms with Gasteiger partial charge in [0.05, 0.1) is 6.20 Å². The summed E-state index contributed by atoms with van der Waals surface area (Å²) in [6.07, 6.45) is 8.23. The molecule has 1 saturated carbocycles. The molecule has 7 heteroatoms. The lowest BCUT2D eigenvalue weighted by Gasteiger charge is -2.09. The summed E-state index contributed by atoms with van der Waals surface area (Å²) in [6.45, 7) is 2.53. The van der Waals surface area contributed by atoms with Crippen molar-refractivity contribution in [2.24, 2.45) is 5.73 Å². The number of benzene rings is 1. The maximum atomic E-state index is 10.9. The third-order valence-corrected chi connectivity index (χ3v) is 4.56. The van der Waals surface area contributed by atoms with Gasteiger partial charge in [-0.3, -0.25) is 9.48 Å². The molecule has 0 unspecified atom stereocenters. The molecule has 0 aliphatic heterocycles. The van der Waals surface area contributed by atoms with Crippen LogP contribution in [0.1, 0.15) is 36.4 Å². The molecular formula is C20H22N6O. The van der Waals surface area contributed by atoms with Gasteiger partial charge in [-0.1, -0.05) is 6.07 Å². The Labute approximate surface area is 157 Å². The van der Waals surface area contributed by atoms with Crippen LogP contribution in [0, 0.1) is 6.92 Å². The fraction of sp³-hybridized carbons (Fsp3) is 0.300. The maximum absolute atomic E-state index is 10.9. The van der Waals surface area contributed by atoms with Gasteiger partial charge >= 0.3 is 0 Å². The molecule has 1 aromatic carbocycles. The molecule has 2 heterocycles. The Bertz CT molecular complexity index is 976. The number of primary amides is 1. The fourth-order valence-electron chi connectivity index (χ4n) is 3.05. The van der Waals surface area contributed by atoms with Crippen molar-refractivity contribution in [3.63, 3.8) is 0 Å². The first-order valence-electron chi connectivity index (χ1n) is 9.09. The molecule has 1 aliphatic carbocycles. The topological polar surface area (TPSA) is 98.7 Å². The van der Waals surface area contributed by atoms with E-state index in [9.17, 15) is 4.79 Å². The van der Waals surface area contributed by atoms with E-state index in [2.05, 4.69) is 38.6 Å². The first-order valence-corrected chi connectivity index (χ1v) is 9.09. The molecule has 3 N–H and O–H groups in total. The SMILES string of the molecule is Cc1cc(Nc2nccc(C3CC3)n2)cc(-c2cnn(CCC(N)=O)c2)c1. The molecule has 0 atom stereocenters. The van der Waals surface area contributed by atoms with Crippen LogP contribution in [-0.4, -0.2) is 25.7 Å². The van der Waals surface area contributed by atoms with Gasteiger partial charge in [0.25, 0.3) is 0 Å². The molecule has 4 rings (SSSR count). The lowest BCUT2D eigenvalue weighted by Crippen LogP contribution is -2.13. The second kappa shape index (κ2) is 7.19. The Hall–Kier alpha value is -3.22. The van der Waals surface area contributed by atoms with Gasteiger partial charge in [0, 0.05) is 48.2 Å². The highest BCUT2D eigenvalue weighted by molar-refractivity contribution is 5.73. The molecule has 7 nitrogen and oxygen atoms in total. The van der Waals surface area contributed by atoms with Gasteiger partial charge in [-0.25, -0.2) is 9.97 Å². The highest BCUT2D eigenvalue weighted by atomic mass is 16.1. The minimum absolute atomic E-state index is 0.274. The third-order valence-electron chi connectivity index (χ3n) is 4.56. The Morgan fingerprint density at radius 2 is 2.15 bits per heavy atom. The quantitative estimate of drug-likeness (QED) is 0.673. The van der Waals surface area contributed by atoms with Crippen LogP contribution < -0.4 is 11.1 Å². The first kappa shape index (κ1) is 17.2. The molecule has 138 valence electrons. The van der Waals surface area contributed by atoms with Gasteiger partial charge in [0.1, 0.15) is 0 Å². The van der Waals surface area contributed by atoms with E-state index in [4.69, 9.17) is 5.73 Å². The van der Waals surface area contributed by atoms with Crippen LogP contribution in [-0.2, 0) is 11.3 Å². The number of aryl methyl sites for hydroxylation is 2. The molecule has 0 radical (unpaired) electrons. The Morgan fingerprint density at radius 3 is 2.93 bits per heavy atom. The number of hydrogen-bond acceptors (Lipinski definition) is 5. The summed E-state index contributed by atoms with van der Waals surface area (Å²) in [6, 6.07) is 8.21. The van der Waals surface area contributed by atoms with Crippen molar-refractivity contribution in [2.75, 3.05) is 5.32 Å². The van der Waals surface area contributed by atoms with Crippen molar-refractivity contribution in [1.29, 1.82) is 0 Å². The number of amides is 1. The highest BCUT2D eigenvalue weighted by Crippen LogP contribution is 2.39. The van der Waals surface area contributed by atoms with Gasteiger partial charge in [-0.05, 0) is 49.1 Å². The van der Waals surface area contributed by atoms with E-state index in [1.165, 1.54) is 12.8 Å². The van der Waals surface area contributed by atoms with E-state index < -0.39 is 0 Å². The number of nitrogens with zero attached hydrogens (tertiary/aromatic N) is 4. The average Bonchev–Trinajstić information content (AvgIpc) is 3.38. The Morgan fingerprint density at radius 1 is 1.30 bits per heavy atom.